The van der Waals surface area contributed by atoms with E-state index in [1.807, 2.05) is 55.1 Å². The Hall–Kier alpha value is -3.72. The second kappa shape index (κ2) is 10.3. The Kier molecular flexibility index (Phi) is 6.76. The van der Waals surface area contributed by atoms with Gasteiger partial charge in [-0.1, -0.05) is 37.3 Å². The average molecular weight is 475 g/mol. The van der Waals surface area contributed by atoms with Gasteiger partial charge in [-0.25, -0.2) is 14.6 Å². The molecule has 0 radical (unpaired) electrons. The van der Waals surface area contributed by atoms with Gasteiger partial charge < -0.3 is 19.8 Å². The van der Waals surface area contributed by atoms with Crippen molar-refractivity contribution >= 4 is 22.6 Å². The lowest BCUT2D eigenvalue weighted by atomic mass is 10.0. The fourth-order valence-electron chi connectivity index (χ4n) is 4.46. The number of pyridine rings is 1. The van der Waals surface area contributed by atoms with Crippen LogP contribution in [0.5, 0.6) is 0 Å². The van der Waals surface area contributed by atoms with Crippen LogP contribution < -0.4 is 10.6 Å². The molecule has 5 rings (SSSR count). The molecule has 182 valence electrons. The van der Waals surface area contributed by atoms with E-state index in [-0.39, 0.29) is 23.7 Å². The molecule has 4 aromatic rings. The molecular weight excluding hydrogens is 444 g/mol. The summed E-state index contributed by atoms with van der Waals surface area (Å²) in [6.07, 6.45) is 7.54. The Bertz CT molecular complexity index is 1290. The van der Waals surface area contributed by atoms with Crippen molar-refractivity contribution in [1.82, 2.24) is 25.1 Å². The molecule has 2 N–H and O–H groups in total. The molecule has 1 aromatic carbocycles. The SMILES string of the molecule is CC[C@@H](NC(=O)c1coc(-c2cnc3c(cnn3CC)c2NC2CCOCC2)n1)c1ccccc1. The van der Waals surface area contributed by atoms with Crippen molar-refractivity contribution in [3.05, 3.63) is 60.2 Å². The van der Waals surface area contributed by atoms with Gasteiger partial charge in [-0.3, -0.25) is 4.79 Å². The summed E-state index contributed by atoms with van der Waals surface area (Å²) < 4.78 is 13.2. The van der Waals surface area contributed by atoms with E-state index in [4.69, 9.17) is 9.15 Å². The summed E-state index contributed by atoms with van der Waals surface area (Å²) >= 11 is 0. The molecule has 0 bridgehead atoms. The van der Waals surface area contributed by atoms with Crippen molar-refractivity contribution in [2.24, 2.45) is 0 Å². The van der Waals surface area contributed by atoms with Crippen LogP contribution >= 0.6 is 0 Å². The minimum Gasteiger partial charge on any atom is -0.443 e. The molecule has 0 saturated carbocycles. The number of oxazole rings is 1. The van der Waals surface area contributed by atoms with Gasteiger partial charge >= 0.3 is 0 Å². The van der Waals surface area contributed by atoms with Crippen LogP contribution in [-0.2, 0) is 11.3 Å². The van der Waals surface area contributed by atoms with Crippen molar-refractivity contribution in [3.8, 4) is 11.5 Å². The van der Waals surface area contributed by atoms with Gasteiger partial charge in [0.15, 0.2) is 11.3 Å². The third-order valence-corrected chi connectivity index (χ3v) is 6.42. The van der Waals surface area contributed by atoms with Crippen molar-refractivity contribution in [1.29, 1.82) is 0 Å². The van der Waals surface area contributed by atoms with Gasteiger partial charge in [-0.05, 0) is 31.7 Å². The van der Waals surface area contributed by atoms with E-state index < -0.39 is 0 Å². The molecule has 0 unspecified atom stereocenters. The van der Waals surface area contributed by atoms with Crippen molar-refractivity contribution in [2.75, 3.05) is 18.5 Å². The van der Waals surface area contributed by atoms with Crippen LogP contribution in [0.2, 0.25) is 0 Å². The van der Waals surface area contributed by atoms with Crippen LogP contribution in [0.25, 0.3) is 22.5 Å². The summed E-state index contributed by atoms with van der Waals surface area (Å²) in [5.41, 5.74) is 3.65. The van der Waals surface area contributed by atoms with E-state index in [0.717, 1.165) is 61.3 Å². The van der Waals surface area contributed by atoms with Crippen LogP contribution in [-0.4, -0.2) is 44.9 Å². The maximum absolute atomic E-state index is 13.0. The maximum Gasteiger partial charge on any atom is 0.273 e. The van der Waals surface area contributed by atoms with Gasteiger partial charge in [0.2, 0.25) is 5.89 Å². The number of benzene rings is 1. The monoisotopic (exact) mass is 474 g/mol. The fraction of sp³-hybridized carbons (Fsp3) is 0.385. The molecule has 1 atom stereocenters. The summed E-state index contributed by atoms with van der Waals surface area (Å²) in [5.74, 6) is 0.0681. The van der Waals surface area contributed by atoms with Crippen LogP contribution in [0.4, 0.5) is 5.69 Å². The number of amides is 1. The number of ether oxygens (including phenoxy) is 1. The number of hydrogen-bond acceptors (Lipinski definition) is 7. The van der Waals surface area contributed by atoms with Gasteiger partial charge in [0.25, 0.3) is 5.91 Å². The maximum atomic E-state index is 13.0. The summed E-state index contributed by atoms with van der Waals surface area (Å²) in [7, 11) is 0. The lowest BCUT2D eigenvalue weighted by Gasteiger charge is -2.25. The van der Waals surface area contributed by atoms with Gasteiger partial charge in [0.05, 0.1) is 28.9 Å². The van der Waals surface area contributed by atoms with E-state index in [2.05, 4.69) is 25.7 Å². The molecule has 1 fully saturated rings. The lowest BCUT2D eigenvalue weighted by Crippen LogP contribution is -2.28. The third kappa shape index (κ3) is 4.77. The predicted octanol–water partition coefficient (Wildman–Crippen LogP) is 4.58. The number of carbonyl (C=O) groups is 1. The number of aryl methyl sites for hydroxylation is 1. The van der Waals surface area contributed by atoms with Gasteiger partial charge in [-0.15, -0.1) is 0 Å². The molecule has 35 heavy (non-hydrogen) atoms. The largest absolute Gasteiger partial charge is 0.443 e. The zero-order valence-electron chi connectivity index (χ0n) is 20.0. The van der Waals surface area contributed by atoms with Crippen molar-refractivity contribution in [2.45, 2.75) is 51.7 Å². The number of aromatic nitrogens is 4. The molecular formula is C26H30N6O3. The first-order valence-corrected chi connectivity index (χ1v) is 12.2. The highest BCUT2D eigenvalue weighted by atomic mass is 16.5. The Morgan fingerprint density at radius 2 is 1.97 bits per heavy atom. The third-order valence-electron chi connectivity index (χ3n) is 6.42. The van der Waals surface area contributed by atoms with E-state index >= 15 is 0 Å². The summed E-state index contributed by atoms with van der Waals surface area (Å²) in [6.45, 7) is 6.23. The van der Waals surface area contributed by atoms with Gasteiger partial charge in [0, 0.05) is 32.0 Å². The highest BCUT2D eigenvalue weighted by Crippen LogP contribution is 2.34. The highest BCUT2D eigenvalue weighted by molar-refractivity contribution is 5.97. The van der Waals surface area contributed by atoms with Gasteiger partial charge in [-0.2, -0.15) is 5.10 Å². The quantitative estimate of drug-likeness (QED) is 0.385. The second-order valence-electron chi connectivity index (χ2n) is 8.66. The molecule has 0 aliphatic carbocycles. The zero-order valence-corrected chi connectivity index (χ0v) is 20.0. The lowest BCUT2D eigenvalue weighted by molar-refractivity contribution is 0.0904. The predicted molar refractivity (Wildman–Crippen MR) is 133 cm³/mol. The van der Waals surface area contributed by atoms with Gasteiger partial charge in [0.1, 0.15) is 6.26 Å². The number of carbonyl (C=O) groups excluding carboxylic acids is 1. The molecule has 0 spiro atoms. The van der Waals surface area contributed by atoms with E-state index in [1.165, 1.54) is 6.26 Å². The number of anilines is 1. The van der Waals surface area contributed by atoms with Crippen LogP contribution in [0.15, 0.2) is 53.4 Å². The standard InChI is InChI=1S/C26H30N6O3/c1-3-21(17-8-6-5-7-9-17)30-25(33)22-16-35-26(31-22)20-14-27-24-19(15-28-32(24)4-2)23(20)29-18-10-12-34-13-11-18/h5-9,14-16,18,21H,3-4,10-13H2,1-2H3,(H,27,29)(H,30,33)/t21-/m1/s1. The molecule has 3 aromatic heterocycles. The topological polar surface area (TPSA) is 107 Å². The summed E-state index contributed by atoms with van der Waals surface area (Å²) in [5, 5.41) is 12.1. The first-order chi connectivity index (χ1) is 17.2. The number of hydrogen-bond donors (Lipinski definition) is 2. The average Bonchev–Trinajstić information content (AvgIpc) is 3.56. The fourth-order valence-corrected chi connectivity index (χ4v) is 4.46. The van der Waals surface area contributed by atoms with Crippen LogP contribution in [0, 0.1) is 0 Å². The summed E-state index contributed by atoms with van der Waals surface area (Å²) in [6, 6.07) is 10.1. The Morgan fingerprint density at radius 1 is 1.17 bits per heavy atom. The van der Waals surface area contributed by atoms with E-state index in [1.54, 1.807) is 6.20 Å². The first kappa shape index (κ1) is 23.0. The molecule has 1 aliphatic rings. The number of nitrogens with zero attached hydrogens (tertiary/aromatic N) is 4. The highest BCUT2D eigenvalue weighted by Gasteiger charge is 2.23. The van der Waals surface area contributed by atoms with Crippen molar-refractivity contribution in [3.63, 3.8) is 0 Å². The van der Waals surface area contributed by atoms with Crippen LogP contribution in [0.1, 0.15) is 55.2 Å². The van der Waals surface area contributed by atoms with E-state index in [0.29, 0.717) is 11.5 Å². The zero-order chi connectivity index (χ0) is 24.2. The Morgan fingerprint density at radius 3 is 2.71 bits per heavy atom. The molecule has 4 heterocycles. The molecule has 1 amide bonds. The minimum absolute atomic E-state index is 0.104. The van der Waals surface area contributed by atoms with E-state index in [9.17, 15) is 4.79 Å². The van der Waals surface area contributed by atoms with Crippen molar-refractivity contribution < 1.29 is 13.9 Å². The normalized spacial score (nSPS) is 15.3. The van der Waals surface area contributed by atoms with Crippen LogP contribution in [0.3, 0.4) is 0 Å². The smallest absolute Gasteiger partial charge is 0.273 e. The molecule has 1 aliphatic heterocycles. The Labute approximate surface area is 203 Å². The Balaban J connectivity index is 1.45. The number of fused-ring (bicyclic) bond motifs is 1. The first-order valence-electron chi connectivity index (χ1n) is 12.2. The number of nitrogens with one attached hydrogen (secondary N) is 2. The molecule has 9 nitrogen and oxygen atoms in total. The minimum atomic E-state index is -0.275. The second-order valence-corrected chi connectivity index (χ2v) is 8.66. The molecule has 1 saturated heterocycles. The summed E-state index contributed by atoms with van der Waals surface area (Å²) in [4.78, 5) is 22.2. The molecule has 9 heteroatoms. The number of rotatable bonds is 8.